The summed E-state index contributed by atoms with van der Waals surface area (Å²) in [6, 6.07) is 2.06. The maximum Gasteiger partial charge on any atom is 0.226 e. The van der Waals surface area contributed by atoms with E-state index in [4.69, 9.17) is 4.74 Å². The third kappa shape index (κ3) is 4.05. The van der Waals surface area contributed by atoms with Crippen LogP contribution in [0.1, 0.15) is 26.7 Å². The van der Waals surface area contributed by atoms with Crippen molar-refractivity contribution in [3.05, 3.63) is 11.4 Å². The first-order valence-corrected chi connectivity index (χ1v) is 8.03. The predicted molar refractivity (Wildman–Crippen MR) is 85.8 cm³/mol. The van der Waals surface area contributed by atoms with Crippen LogP contribution in [0.2, 0.25) is 0 Å². The number of anilines is 2. The van der Waals surface area contributed by atoms with Gasteiger partial charge in [-0.2, -0.15) is 4.98 Å². The molecule has 20 heavy (non-hydrogen) atoms. The number of nitrogens with zero attached hydrogens (tertiary/aromatic N) is 2. The van der Waals surface area contributed by atoms with Gasteiger partial charge in [0, 0.05) is 26.3 Å². The second-order valence-electron chi connectivity index (χ2n) is 4.44. The molecule has 2 rings (SSSR count). The first kappa shape index (κ1) is 15.0. The van der Waals surface area contributed by atoms with Gasteiger partial charge in [0.05, 0.1) is 5.39 Å². The average Bonchev–Trinajstić information content (AvgIpc) is 2.93. The van der Waals surface area contributed by atoms with Crippen molar-refractivity contribution < 1.29 is 4.74 Å². The van der Waals surface area contributed by atoms with Crippen molar-refractivity contribution in [1.82, 2.24) is 9.97 Å². The van der Waals surface area contributed by atoms with Crippen LogP contribution in [0.5, 0.6) is 0 Å². The van der Waals surface area contributed by atoms with Crippen LogP contribution in [-0.2, 0) is 4.74 Å². The molecule has 0 fully saturated rings. The van der Waals surface area contributed by atoms with E-state index >= 15 is 0 Å². The molecule has 0 amide bonds. The summed E-state index contributed by atoms with van der Waals surface area (Å²) in [5.74, 6) is 1.61. The Morgan fingerprint density at radius 2 is 2.10 bits per heavy atom. The number of hydrogen-bond donors (Lipinski definition) is 2. The number of ether oxygens (including phenoxy) is 1. The van der Waals surface area contributed by atoms with E-state index in [0.29, 0.717) is 5.95 Å². The predicted octanol–water partition coefficient (Wildman–Crippen LogP) is 3.35. The number of thiophene rings is 1. The van der Waals surface area contributed by atoms with Gasteiger partial charge >= 0.3 is 0 Å². The van der Waals surface area contributed by atoms with Crippen molar-refractivity contribution in [2.75, 3.05) is 36.9 Å². The molecule has 2 N–H and O–H groups in total. The average molecular weight is 294 g/mol. The monoisotopic (exact) mass is 294 g/mol. The largest absolute Gasteiger partial charge is 0.382 e. The van der Waals surface area contributed by atoms with Gasteiger partial charge in [-0.3, -0.25) is 0 Å². The number of aromatic nitrogens is 2. The minimum atomic E-state index is 0.703. The summed E-state index contributed by atoms with van der Waals surface area (Å²) in [7, 11) is 0. The number of nitrogens with one attached hydrogen (secondary N) is 2. The Hall–Kier alpha value is -1.40. The molecule has 0 atom stereocenters. The van der Waals surface area contributed by atoms with Crippen LogP contribution in [0.4, 0.5) is 11.8 Å². The Morgan fingerprint density at radius 3 is 2.90 bits per heavy atom. The van der Waals surface area contributed by atoms with Crippen molar-refractivity contribution in [3.8, 4) is 0 Å². The van der Waals surface area contributed by atoms with Gasteiger partial charge in [-0.25, -0.2) is 4.98 Å². The molecule has 0 saturated carbocycles. The number of fused-ring (bicyclic) bond motifs is 1. The Balaban J connectivity index is 2.03. The summed E-state index contributed by atoms with van der Waals surface area (Å²) in [5.41, 5.74) is 0. The summed E-state index contributed by atoms with van der Waals surface area (Å²) in [6.07, 6.45) is 2.03. The van der Waals surface area contributed by atoms with E-state index in [2.05, 4.69) is 33.6 Å². The van der Waals surface area contributed by atoms with E-state index in [1.807, 2.05) is 12.3 Å². The van der Waals surface area contributed by atoms with Gasteiger partial charge in [-0.15, -0.1) is 11.3 Å². The maximum atomic E-state index is 5.34. The van der Waals surface area contributed by atoms with Crippen LogP contribution in [0.15, 0.2) is 11.4 Å². The van der Waals surface area contributed by atoms with Gasteiger partial charge in [0.25, 0.3) is 0 Å². The first-order valence-electron chi connectivity index (χ1n) is 7.15. The maximum absolute atomic E-state index is 5.34. The summed E-state index contributed by atoms with van der Waals surface area (Å²) < 4.78 is 5.34. The molecule has 0 bridgehead atoms. The van der Waals surface area contributed by atoms with Crippen LogP contribution in [0.3, 0.4) is 0 Å². The fraction of sp³-hybridized carbons (Fsp3) is 0.571. The molecule has 5 nitrogen and oxygen atoms in total. The van der Waals surface area contributed by atoms with Gasteiger partial charge < -0.3 is 15.4 Å². The lowest BCUT2D eigenvalue weighted by Crippen LogP contribution is -2.10. The van der Waals surface area contributed by atoms with Gasteiger partial charge in [-0.05, 0) is 31.2 Å². The number of hydrogen-bond acceptors (Lipinski definition) is 6. The molecule has 0 spiro atoms. The fourth-order valence-corrected chi connectivity index (χ4v) is 2.60. The molecular formula is C14H22N4OS. The topological polar surface area (TPSA) is 59.1 Å². The minimum Gasteiger partial charge on any atom is -0.382 e. The molecular weight excluding hydrogens is 272 g/mol. The first-order chi connectivity index (χ1) is 9.85. The quantitative estimate of drug-likeness (QED) is 0.695. The van der Waals surface area contributed by atoms with Crippen molar-refractivity contribution in [3.63, 3.8) is 0 Å². The molecule has 0 aliphatic rings. The Morgan fingerprint density at radius 1 is 1.20 bits per heavy atom. The molecule has 110 valence electrons. The molecule has 0 saturated heterocycles. The second-order valence-corrected chi connectivity index (χ2v) is 5.33. The lowest BCUT2D eigenvalue weighted by molar-refractivity contribution is 0.147. The second kappa shape index (κ2) is 8.01. The highest BCUT2D eigenvalue weighted by atomic mass is 32.1. The van der Waals surface area contributed by atoms with E-state index in [0.717, 1.165) is 55.2 Å². The molecule has 2 aromatic heterocycles. The zero-order valence-electron chi connectivity index (χ0n) is 12.1. The Kier molecular flexibility index (Phi) is 6.01. The molecule has 0 unspecified atom stereocenters. The molecule has 6 heteroatoms. The summed E-state index contributed by atoms with van der Waals surface area (Å²) in [4.78, 5) is 10.1. The van der Waals surface area contributed by atoms with Crippen LogP contribution in [-0.4, -0.2) is 36.3 Å². The summed E-state index contributed by atoms with van der Waals surface area (Å²) in [5, 5.41) is 9.77. The molecule has 0 aromatic carbocycles. The molecule has 0 radical (unpaired) electrons. The van der Waals surface area contributed by atoms with E-state index in [1.165, 1.54) is 0 Å². The zero-order chi connectivity index (χ0) is 14.2. The lowest BCUT2D eigenvalue weighted by Gasteiger charge is -2.09. The van der Waals surface area contributed by atoms with Crippen LogP contribution < -0.4 is 10.6 Å². The molecule has 0 aliphatic heterocycles. The van der Waals surface area contributed by atoms with E-state index in [-0.39, 0.29) is 0 Å². The molecule has 2 aromatic rings. The lowest BCUT2D eigenvalue weighted by atomic mass is 10.3. The van der Waals surface area contributed by atoms with E-state index in [9.17, 15) is 0 Å². The molecule has 2 heterocycles. The SMILES string of the molecule is CCCNc1nc(NCCCOCC)c2ccsc2n1. The van der Waals surface area contributed by atoms with Crippen molar-refractivity contribution in [1.29, 1.82) is 0 Å². The minimum absolute atomic E-state index is 0.703. The number of rotatable bonds is 9. The van der Waals surface area contributed by atoms with Crippen molar-refractivity contribution >= 4 is 33.3 Å². The van der Waals surface area contributed by atoms with Crippen molar-refractivity contribution in [2.24, 2.45) is 0 Å². The third-order valence-electron chi connectivity index (χ3n) is 2.82. The Bertz CT molecular complexity index is 529. The van der Waals surface area contributed by atoms with Crippen LogP contribution in [0.25, 0.3) is 10.2 Å². The summed E-state index contributed by atoms with van der Waals surface area (Å²) in [6.45, 7) is 7.44. The van der Waals surface area contributed by atoms with Crippen LogP contribution >= 0.6 is 11.3 Å². The summed E-state index contributed by atoms with van der Waals surface area (Å²) >= 11 is 1.64. The van der Waals surface area contributed by atoms with Gasteiger partial charge in [0.1, 0.15) is 10.6 Å². The van der Waals surface area contributed by atoms with Gasteiger partial charge in [-0.1, -0.05) is 6.92 Å². The smallest absolute Gasteiger partial charge is 0.226 e. The van der Waals surface area contributed by atoms with Crippen LogP contribution in [0, 0.1) is 0 Å². The van der Waals surface area contributed by atoms with Gasteiger partial charge in [0.2, 0.25) is 5.95 Å². The normalized spacial score (nSPS) is 10.9. The van der Waals surface area contributed by atoms with E-state index in [1.54, 1.807) is 11.3 Å². The Labute approximate surface area is 123 Å². The zero-order valence-corrected chi connectivity index (χ0v) is 12.9. The highest BCUT2D eigenvalue weighted by molar-refractivity contribution is 7.16. The highest BCUT2D eigenvalue weighted by Gasteiger charge is 2.08. The molecule has 0 aliphatic carbocycles. The standard InChI is InChI=1S/C14H22N4OS/c1-3-7-16-14-17-12(15-8-5-9-19-4-2)11-6-10-20-13(11)18-14/h6,10H,3-5,7-9H2,1-2H3,(H2,15,16,17,18). The van der Waals surface area contributed by atoms with Crippen molar-refractivity contribution in [2.45, 2.75) is 26.7 Å². The third-order valence-corrected chi connectivity index (χ3v) is 3.63. The van der Waals surface area contributed by atoms with Gasteiger partial charge in [0.15, 0.2) is 0 Å². The fourth-order valence-electron chi connectivity index (χ4n) is 1.83. The van der Waals surface area contributed by atoms with E-state index < -0.39 is 0 Å². The highest BCUT2D eigenvalue weighted by Crippen LogP contribution is 2.26.